The molecule has 0 radical (unpaired) electrons. The number of fused-ring (bicyclic) bond motifs is 1. The minimum Gasteiger partial charge on any atom is -0.384 e. The van der Waals surface area contributed by atoms with E-state index in [1.807, 2.05) is 24.3 Å². The van der Waals surface area contributed by atoms with Gasteiger partial charge in [0.25, 0.3) is 0 Å². The molecule has 1 atom stereocenters. The van der Waals surface area contributed by atoms with Crippen LogP contribution < -0.4 is 0 Å². The maximum Gasteiger partial charge on any atom is 0.123 e. The first-order valence-electron chi connectivity index (χ1n) is 6.02. The fourth-order valence-corrected chi connectivity index (χ4v) is 2.21. The topological polar surface area (TPSA) is 33.1 Å². The van der Waals surface area contributed by atoms with Gasteiger partial charge in [0.15, 0.2) is 0 Å². The molecular weight excluding hydrogens is 241 g/mol. The van der Waals surface area contributed by atoms with Crippen LogP contribution in [0.25, 0.3) is 10.8 Å². The van der Waals surface area contributed by atoms with Crippen molar-refractivity contribution in [3.8, 4) is 0 Å². The number of pyridine rings is 1. The molecule has 1 N–H and O–H groups in total. The summed E-state index contributed by atoms with van der Waals surface area (Å²) in [7, 11) is 0. The molecule has 94 valence electrons. The van der Waals surface area contributed by atoms with Crippen molar-refractivity contribution < 1.29 is 9.50 Å². The van der Waals surface area contributed by atoms with Gasteiger partial charge in [-0.3, -0.25) is 4.98 Å². The zero-order valence-electron chi connectivity index (χ0n) is 10.1. The second-order valence-electron chi connectivity index (χ2n) is 4.40. The van der Waals surface area contributed by atoms with Crippen molar-refractivity contribution in [2.75, 3.05) is 0 Å². The van der Waals surface area contributed by atoms with E-state index in [2.05, 4.69) is 4.98 Å². The Balaban J connectivity index is 2.11. The molecule has 1 aromatic heterocycles. The Morgan fingerprint density at radius 2 is 1.79 bits per heavy atom. The Morgan fingerprint density at radius 1 is 1.00 bits per heavy atom. The molecule has 3 rings (SSSR count). The predicted octanol–water partition coefficient (Wildman–Crippen LogP) is 3.46. The summed E-state index contributed by atoms with van der Waals surface area (Å²) >= 11 is 0. The Labute approximate surface area is 110 Å². The molecule has 0 fully saturated rings. The summed E-state index contributed by atoms with van der Waals surface area (Å²) in [5.74, 6) is -0.307. The molecule has 0 bridgehead atoms. The van der Waals surface area contributed by atoms with Crippen molar-refractivity contribution >= 4 is 10.8 Å². The van der Waals surface area contributed by atoms with Gasteiger partial charge in [-0.25, -0.2) is 4.39 Å². The minimum absolute atomic E-state index is 0.307. The number of halogens is 1. The SMILES string of the molecule is OC(c1ccc(F)cc1)c1cccc2cnccc12. The van der Waals surface area contributed by atoms with E-state index in [1.54, 1.807) is 24.5 Å². The summed E-state index contributed by atoms with van der Waals surface area (Å²) in [6, 6.07) is 13.5. The summed E-state index contributed by atoms with van der Waals surface area (Å²) in [5, 5.41) is 12.4. The van der Waals surface area contributed by atoms with Gasteiger partial charge in [-0.05, 0) is 34.7 Å². The van der Waals surface area contributed by atoms with Crippen molar-refractivity contribution in [3.63, 3.8) is 0 Å². The minimum atomic E-state index is -0.772. The lowest BCUT2D eigenvalue weighted by Gasteiger charge is -2.14. The van der Waals surface area contributed by atoms with E-state index in [-0.39, 0.29) is 5.82 Å². The lowest BCUT2D eigenvalue weighted by atomic mass is 9.97. The molecule has 3 heteroatoms. The molecule has 0 amide bonds. The smallest absolute Gasteiger partial charge is 0.123 e. The first kappa shape index (κ1) is 11.8. The summed E-state index contributed by atoms with van der Waals surface area (Å²) in [6.45, 7) is 0. The summed E-state index contributed by atoms with van der Waals surface area (Å²) in [4.78, 5) is 4.07. The molecule has 2 nitrogen and oxygen atoms in total. The van der Waals surface area contributed by atoms with Gasteiger partial charge in [0.05, 0.1) is 0 Å². The van der Waals surface area contributed by atoms with Crippen LogP contribution in [0.2, 0.25) is 0 Å². The Morgan fingerprint density at radius 3 is 2.58 bits per heavy atom. The number of hydrogen-bond donors (Lipinski definition) is 1. The summed E-state index contributed by atoms with van der Waals surface area (Å²) in [6.07, 6.45) is 2.69. The third-order valence-electron chi connectivity index (χ3n) is 3.19. The Bertz CT molecular complexity index is 704. The normalized spacial score (nSPS) is 12.5. The molecule has 0 aliphatic carbocycles. The quantitative estimate of drug-likeness (QED) is 0.758. The van der Waals surface area contributed by atoms with Crippen LogP contribution in [0.4, 0.5) is 4.39 Å². The van der Waals surface area contributed by atoms with Crippen molar-refractivity contribution in [2.45, 2.75) is 6.10 Å². The summed E-state index contributed by atoms with van der Waals surface area (Å²) < 4.78 is 12.9. The third kappa shape index (κ3) is 2.20. The molecule has 19 heavy (non-hydrogen) atoms. The van der Waals surface area contributed by atoms with Crippen molar-refractivity contribution in [3.05, 3.63) is 77.9 Å². The second kappa shape index (κ2) is 4.78. The van der Waals surface area contributed by atoms with Crippen molar-refractivity contribution in [1.29, 1.82) is 0 Å². The molecule has 2 aromatic carbocycles. The second-order valence-corrected chi connectivity index (χ2v) is 4.40. The van der Waals surface area contributed by atoms with E-state index >= 15 is 0 Å². The number of aliphatic hydroxyl groups excluding tert-OH is 1. The van der Waals surface area contributed by atoms with Crippen LogP contribution >= 0.6 is 0 Å². The maximum absolute atomic E-state index is 12.9. The first-order chi connectivity index (χ1) is 9.25. The van der Waals surface area contributed by atoms with Crippen LogP contribution in [0.3, 0.4) is 0 Å². The zero-order valence-corrected chi connectivity index (χ0v) is 10.1. The largest absolute Gasteiger partial charge is 0.384 e. The van der Waals surface area contributed by atoms with E-state index in [4.69, 9.17) is 0 Å². The molecule has 1 unspecified atom stereocenters. The van der Waals surface area contributed by atoms with Crippen LogP contribution in [0.15, 0.2) is 60.9 Å². The van der Waals surface area contributed by atoms with Gasteiger partial charge in [0.2, 0.25) is 0 Å². The maximum atomic E-state index is 12.9. The fourth-order valence-electron chi connectivity index (χ4n) is 2.21. The number of hydrogen-bond acceptors (Lipinski definition) is 2. The number of rotatable bonds is 2. The molecule has 0 aliphatic rings. The number of benzene rings is 2. The van der Waals surface area contributed by atoms with Crippen LogP contribution in [0.1, 0.15) is 17.2 Å². The summed E-state index contributed by atoms with van der Waals surface area (Å²) in [5.41, 5.74) is 1.47. The highest BCUT2D eigenvalue weighted by Crippen LogP contribution is 2.28. The molecule has 0 saturated carbocycles. The highest BCUT2D eigenvalue weighted by Gasteiger charge is 2.13. The van der Waals surface area contributed by atoms with Gasteiger partial charge in [0, 0.05) is 17.8 Å². The van der Waals surface area contributed by atoms with Gasteiger partial charge in [-0.2, -0.15) is 0 Å². The van der Waals surface area contributed by atoms with Gasteiger partial charge in [-0.15, -0.1) is 0 Å². The average Bonchev–Trinajstić information content (AvgIpc) is 2.47. The molecule has 0 spiro atoms. The zero-order chi connectivity index (χ0) is 13.2. The third-order valence-corrected chi connectivity index (χ3v) is 3.19. The Hall–Kier alpha value is -2.26. The van der Waals surface area contributed by atoms with Gasteiger partial charge >= 0.3 is 0 Å². The average molecular weight is 253 g/mol. The van der Waals surface area contributed by atoms with E-state index in [9.17, 15) is 9.50 Å². The predicted molar refractivity (Wildman–Crippen MR) is 72.2 cm³/mol. The van der Waals surface area contributed by atoms with E-state index in [0.29, 0.717) is 5.56 Å². The van der Waals surface area contributed by atoms with Gasteiger partial charge in [-0.1, -0.05) is 30.3 Å². The fraction of sp³-hybridized carbons (Fsp3) is 0.0625. The van der Waals surface area contributed by atoms with E-state index in [0.717, 1.165) is 16.3 Å². The molecule has 0 aliphatic heterocycles. The number of nitrogens with zero attached hydrogens (tertiary/aromatic N) is 1. The highest BCUT2D eigenvalue weighted by molar-refractivity contribution is 5.85. The Kier molecular flexibility index (Phi) is 2.97. The molecule has 0 saturated heterocycles. The van der Waals surface area contributed by atoms with Crippen molar-refractivity contribution in [1.82, 2.24) is 4.98 Å². The monoisotopic (exact) mass is 253 g/mol. The van der Waals surface area contributed by atoms with E-state index in [1.165, 1.54) is 12.1 Å². The molecule has 3 aromatic rings. The first-order valence-corrected chi connectivity index (χ1v) is 6.02. The molecular formula is C16H12FNO. The highest BCUT2D eigenvalue weighted by atomic mass is 19.1. The standard InChI is InChI=1S/C16H12FNO/c17-13-6-4-11(5-7-13)16(19)15-3-1-2-12-10-18-9-8-14(12)15/h1-10,16,19H. The van der Waals surface area contributed by atoms with Crippen LogP contribution in [0, 0.1) is 5.82 Å². The van der Waals surface area contributed by atoms with E-state index < -0.39 is 6.10 Å². The number of aliphatic hydroxyl groups is 1. The van der Waals surface area contributed by atoms with Crippen LogP contribution in [-0.2, 0) is 0 Å². The molecule has 1 heterocycles. The van der Waals surface area contributed by atoms with Crippen molar-refractivity contribution in [2.24, 2.45) is 0 Å². The van der Waals surface area contributed by atoms with Gasteiger partial charge in [0.1, 0.15) is 11.9 Å². The van der Waals surface area contributed by atoms with Crippen LogP contribution in [-0.4, -0.2) is 10.1 Å². The van der Waals surface area contributed by atoms with Crippen LogP contribution in [0.5, 0.6) is 0 Å². The number of aromatic nitrogens is 1. The lowest BCUT2D eigenvalue weighted by molar-refractivity contribution is 0.222. The van der Waals surface area contributed by atoms with Gasteiger partial charge < -0.3 is 5.11 Å². The lowest BCUT2D eigenvalue weighted by Crippen LogP contribution is -2.00.